The zero-order chi connectivity index (χ0) is 18.8. The number of carbonyl (C=O) groups is 1. The molecule has 0 aliphatic heterocycles. The lowest BCUT2D eigenvalue weighted by Gasteiger charge is -2.11. The van der Waals surface area contributed by atoms with Gasteiger partial charge in [0.05, 0.1) is 14.2 Å². The highest BCUT2D eigenvalue weighted by Crippen LogP contribution is 2.27. The molecule has 2 aromatic rings. The number of nitrogens with one attached hydrogen (secondary N) is 2. The Bertz CT molecular complexity index is 719. The summed E-state index contributed by atoms with van der Waals surface area (Å²) in [5, 5.41) is 6.17. The molecular weight excluding hydrogens is 330 g/mol. The van der Waals surface area contributed by atoms with Gasteiger partial charge in [0.1, 0.15) is 5.82 Å². The third-order valence-corrected chi connectivity index (χ3v) is 4.01. The van der Waals surface area contributed by atoms with Crippen LogP contribution in [0.15, 0.2) is 36.5 Å². The van der Waals surface area contributed by atoms with Crippen molar-refractivity contribution in [2.45, 2.75) is 26.2 Å². The van der Waals surface area contributed by atoms with E-state index in [9.17, 15) is 4.79 Å². The zero-order valence-corrected chi connectivity index (χ0v) is 15.7. The van der Waals surface area contributed by atoms with Crippen molar-refractivity contribution in [2.24, 2.45) is 0 Å². The summed E-state index contributed by atoms with van der Waals surface area (Å²) >= 11 is 0. The number of anilines is 1. The van der Waals surface area contributed by atoms with Crippen LogP contribution in [0.25, 0.3) is 0 Å². The van der Waals surface area contributed by atoms with Gasteiger partial charge in [0.2, 0.25) is 0 Å². The maximum atomic E-state index is 12.1. The predicted molar refractivity (Wildman–Crippen MR) is 103 cm³/mol. The largest absolute Gasteiger partial charge is 0.493 e. The van der Waals surface area contributed by atoms with Crippen LogP contribution in [0.5, 0.6) is 11.5 Å². The summed E-state index contributed by atoms with van der Waals surface area (Å²) in [5.74, 6) is 2.05. The van der Waals surface area contributed by atoms with E-state index < -0.39 is 0 Å². The fourth-order valence-electron chi connectivity index (χ4n) is 2.52. The number of amides is 1. The number of pyridine rings is 1. The zero-order valence-electron chi connectivity index (χ0n) is 15.7. The highest BCUT2D eigenvalue weighted by molar-refractivity contribution is 5.94. The third kappa shape index (κ3) is 5.65. The summed E-state index contributed by atoms with van der Waals surface area (Å²) in [4.78, 5) is 16.4. The smallest absolute Gasteiger partial charge is 0.251 e. The van der Waals surface area contributed by atoms with Gasteiger partial charge in [0, 0.05) is 24.8 Å². The maximum Gasteiger partial charge on any atom is 0.251 e. The molecule has 2 rings (SSSR count). The molecule has 1 aromatic heterocycles. The molecule has 26 heavy (non-hydrogen) atoms. The minimum absolute atomic E-state index is 0.0659. The van der Waals surface area contributed by atoms with Crippen LogP contribution in [-0.2, 0) is 6.42 Å². The minimum atomic E-state index is -0.0659. The standard InChI is InChI=1S/C20H27N3O3/c1-4-5-10-23-20(24)16-9-12-22-19(14-16)21-11-8-15-6-7-17(25-2)18(13-15)26-3/h6-7,9,12-14H,4-5,8,10-11H2,1-3H3,(H,21,22)(H,23,24). The van der Waals surface area contributed by atoms with Crippen LogP contribution in [0.1, 0.15) is 35.7 Å². The van der Waals surface area contributed by atoms with E-state index in [-0.39, 0.29) is 5.91 Å². The Kier molecular flexibility index (Phi) is 7.74. The van der Waals surface area contributed by atoms with Gasteiger partial charge < -0.3 is 20.1 Å². The number of unbranched alkanes of at least 4 members (excludes halogenated alkanes) is 1. The van der Waals surface area contributed by atoms with E-state index in [1.807, 2.05) is 18.2 Å². The molecule has 0 saturated heterocycles. The molecule has 2 N–H and O–H groups in total. The van der Waals surface area contributed by atoms with Crippen molar-refractivity contribution in [2.75, 3.05) is 32.6 Å². The molecule has 0 radical (unpaired) electrons. The normalized spacial score (nSPS) is 10.3. The molecule has 0 spiro atoms. The fraction of sp³-hybridized carbons (Fsp3) is 0.400. The van der Waals surface area contributed by atoms with Gasteiger partial charge in [-0.3, -0.25) is 4.79 Å². The Labute approximate surface area is 154 Å². The number of ether oxygens (including phenoxy) is 2. The molecule has 1 amide bonds. The Morgan fingerprint density at radius 2 is 1.88 bits per heavy atom. The van der Waals surface area contributed by atoms with Gasteiger partial charge in [0.25, 0.3) is 5.91 Å². The van der Waals surface area contributed by atoms with E-state index in [0.29, 0.717) is 36.0 Å². The predicted octanol–water partition coefficient (Wildman–Crippen LogP) is 3.28. The molecule has 0 aliphatic carbocycles. The first-order chi connectivity index (χ1) is 12.7. The quantitative estimate of drug-likeness (QED) is 0.639. The molecule has 6 nitrogen and oxygen atoms in total. The average molecular weight is 357 g/mol. The molecule has 0 bridgehead atoms. The van der Waals surface area contributed by atoms with E-state index in [2.05, 4.69) is 22.5 Å². The van der Waals surface area contributed by atoms with Gasteiger partial charge in [0.15, 0.2) is 11.5 Å². The summed E-state index contributed by atoms with van der Waals surface area (Å²) in [7, 11) is 3.25. The molecule has 1 heterocycles. The van der Waals surface area contributed by atoms with Crippen LogP contribution in [0.2, 0.25) is 0 Å². The monoisotopic (exact) mass is 357 g/mol. The van der Waals surface area contributed by atoms with Crippen molar-refractivity contribution in [1.82, 2.24) is 10.3 Å². The summed E-state index contributed by atoms with van der Waals surface area (Å²) in [6.07, 6.45) is 4.48. The Balaban J connectivity index is 1.90. The molecule has 0 fully saturated rings. The van der Waals surface area contributed by atoms with Crippen molar-refractivity contribution < 1.29 is 14.3 Å². The van der Waals surface area contributed by atoms with Crippen LogP contribution < -0.4 is 20.1 Å². The first-order valence-corrected chi connectivity index (χ1v) is 8.87. The molecule has 0 aliphatic rings. The van der Waals surface area contributed by atoms with E-state index in [4.69, 9.17) is 9.47 Å². The molecule has 0 atom stereocenters. The first kappa shape index (κ1) is 19.6. The number of hydrogen-bond donors (Lipinski definition) is 2. The van der Waals surface area contributed by atoms with Crippen LogP contribution in [-0.4, -0.2) is 38.2 Å². The lowest BCUT2D eigenvalue weighted by molar-refractivity contribution is 0.0953. The fourth-order valence-corrected chi connectivity index (χ4v) is 2.52. The SMILES string of the molecule is CCCCNC(=O)c1ccnc(NCCc2ccc(OC)c(OC)c2)c1. The Morgan fingerprint density at radius 1 is 1.08 bits per heavy atom. The number of carbonyl (C=O) groups excluding carboxylic acids is 1. The molecule has 140 valence electrons. The number of hydrogen-bond acceptors (Lipinski definition) is 5. The maximum absolute atomic E-state index is 12.1. The van der Waals surface area contributed by atoms with E-state index in [0.717, 1.165) is 24.8 Å². The van der Waals surface area contributed by atoms with Gasteiger partial charge in [-0.05, 0) is 42.7 Å². The van der Waals surface area contributed by atoms with Crippen molar-refractivity contribution >= 4 is 11.7 Å². The van der Waals surface area contributed by atoms with E-state index in [1.54, 1.807) is 32.5 Å². The second-order valence-corrected chi connectivity index (χ2v) is 5.91. The van der Waals surface area contributed by atoms with Gasteiger partial charge >= 0.3 is 0 Å². The second-order valence-electron chi connectivity index (χ2n) is 5.91. The van der Waals surface area contributed by atoms with Gasteiger partial charge in [-0.2, -0.15) is 0 Å². The van der Waals surface area contributed by atoms with Crippen molar-refractivity contribution in [1.29, 1.82) is 0 Å². The van der Waals surface area contributed by atoms with Gasteiger partial charge in [-0.1, -0.05) is 19.4 Å². The lowest BCUT2D eigenvalue weighted by atomic mass is 10.1. The summed E-state index contributed by atoms with van der Waals surface area (Å²) in [6.45, 7) is 3.49. The molecule has 0 unspecified atom stereocenters. The van der Waals surface area contributed by atoms with Crippen molar-refractivity contribution in [3.63, 3.8) is 0 Å². The van der Waals surface area contributed by atoms with Gasteiger partial charge in [-0.15, -0.1) is 0 Å². The number of benzene rings is 1. The second kappa shape index (κ2) is 10.3. The Morgan fingerprint density at radius 3 is 2.62 bits per heavy atom. The first-order valence-electron chi connectivity index (χ1n) is 8.87. The average Bonchev–Trinajstić information content (AvgIpc) is 2.68. The van der Waals surface area contributed by atoms with Crippen LogP contribution in [0.3, 0.4) is 0 Å². The molecule has 6 heteroatoms. The topological polar surface area (TPSA) is 72.5 Å². The number of rotatable bonds is 10. The number of nitrogens with zero attached hydrogens (tertiary/aromatic N) is 1. The van der Waals surface area contributed by atoms with E-state index >= 15 is 0 Å². The lowest BCUT2D eigenvalue weighted by Crippen LogP contribution is -2.24. The number of aromatic nitrogens is 1. The van der Waals surface area contributed by atoms with Crippen LogP contribution >= 0.6 is 0 Å². The number of methoxy groups -OCH3 is 2. The van der Waals surface area contributed by atoms with E-state index in [1.165, 1.54) is 0 Å². The highest BCUT2D eigenvalue weighted by atomic mass is 16.5. The third-order valence-electron chi connectivity index (χ3n) is 4.01. The Hall–Kier alpha value is -2.76. The molecular formula is C20H27N3O3. The molecule has 0 saturated carbocycles. The van der Waals surface area contributed by atoms with Crippen molar-refractivity contribution in [3.05, 3.63) is 47.7 Å². The van der Waals surface area contributed by atoms with Crippen LogP contribution in [0, 0.1) is 0 Å². The van der Waals surface area contributed by atoms with Crippen LogP contribution in [0.4, 0.5) is 5.82 Å². The molecule has 1 aromatic carbocycles. The summed E-state index contributed by atoms with van der Waals surface area (Å²) in [6, 6.07) is 9.37. The van der Waals surface area contributed by atoms with Crippen molar-refractivity contribution in [3.8, 4) is 11.5 Å². The highest BCUT2D eigenvalue weighted by Gasteiger charge is 2.07. The summed E-state index contributed by atoms with van der Waals surface area (Å²) in [5.41, 5.74) is 1.74. The summed E-state index contributed by atoms with van der Waals surface area (Å²) < 4.78 is 10.6. The van der Waals surface area contributed by atoms with Gasteiger partial charge in [-0.25, -0.2) is 4.98 Å². The minimum Gasteiger partial charge on any atom is -0.493 e.